The predicted molar refractivity (Wildman–Crippen MR) is 99.9 cm³/mol. The van der Waals surface area contributed by atoms with Crippen LogP contribution in [0.2, 0.25) is 0 Å². The molecular weight excluding hydrogens is 330 g/mol. The van der Waals surface area contributed by atoms with Gasteiger partial charge in [-0.2, -0.15) is 0 Å². The fourth-order valence-corrected chi connectivity index (χ4v) is 2.90. The van der Waals surface area contributed by atoms with E-state index in [0.29, 0.717) is 12.8 Å². The molecular formula is C21H23NO4. The van der Waals surface area contributed by atoms with Crippen molar-refractivity contribution in [2.45, 2.75) is 31.2 Å². The van der Waals surface area contributed by atoms with Gasteiger partial charge >= 0.3 is 11.9 Å². The number of carboxylic acid groups (broad SMARTS) is 2. The lowest BCUT2D eigenvalue weighted by Gasteiger charge is -2.17. The van der Waals surface area contributed by atoms with Gasteiger partial charge in [0.15, 0.2) is 0 Å². The smallest absolute Gasteiger partial charge is 0.331 e. The summed E-state index contributed by atoms with van der Waals surface area (Å²) >= 11 is 0. The molecule has 0 heterocycles. The van der Waals surface area contributed by atoms with Gasteiger partial charge in [-0.05, 0) is 24.0 Å². The molecule has 2 aromatic rings. The summed E-state index contributed by atoms with van der Waals surface area (Å²) in [4.78, 5) is 22.2. The maximum atomic E-state index is 11.4. The van der Waals surface area contributed by atoms with E-state index in [1.807, 2.05) is 36.4 Å². The molecule has 0 amide bonds. The number of aliphatic carboxylic acids is 2. The first-order valence-corrected chi connectivity index (χ1v) is 8.49. The number of hydrogen-bond donors (Lipinski definition) is 3. The van der Waals surface area contributed by atoms with Crippen LogP contribution in [0.1, 0.15) is 36.3 Å². The third-order valence-electron chi connectivity index (χ3n) is 4.28. The highest BCUT2D eigenvalue weighted by Crippen LogP contribution is 2.29. The summed E-state index contributed by atoms with van der Waals surface area (Å²) < 4.78 is 0. The van der Waals surface area contributed by atoms with E-state index >= 15 is 0 Å². The molecule has 0 unspecified atom stereocenters. The van der Waals surface area contributed by atoms with Crippen LogP contribution in [-0.2, 0) is 9.59 Å². The summed E-state index contributed by atoms with van der Waals surface area (Å²) in [6.07, 6.45) is 2.63. The van der Waals surface area contributed by atoms with Crippen molar-refractivity contribution in [2.24, 2.45) is 5.73 Å². The number of allylic oxidation sites excluding steroid dienone is 1. The van der Waals surface area contributed by atoms with Crippen molar-refractivity contribution in [3.63, 3.8) is 0 Å². The van der Waals surface area contributed by atoms with Crippen molar-refractivity contribution in [1.82, 2.24) is 0 Å². The third kappa shape index (κ3) is 5.57. The zero-order chi connectivity index (χ0) is 18.9. The second-order valence-electron chi connectivity index (χ2n) is 6.13. The van der Waals surface area contributed by atoms with E-state index in [9.17, 15) is 14.7 Å². The molecule has 1 atom stereocenters. The van der Waals surface area contributed by atoms with Crippen molar-refractivity contribution in [3.05, 3.63) is 83.4 Å². The molecule has 0 bridgehead atoms. The van der Waals surface area contributed by atoms with Crippen molar-refractivity contribution >= 4 is 11.9 Å². The summed E-state index contributed by atoms with van der Waals surface area (Å²) in [5, 5.41) is 18.2. The summed E-state index contributed by atoms with van der Waals surface area (Å²) in [7, 11) is 0. The summed E-state index contributed by atoms with van der Waals surface area (Å²) in [6.45, 7) is 0. The van der Waals surface area contributed by atoms with Gasteiger partial charge in [-0.1, -0.05) is 66.7 Å². The summed E-state index contributed by atoms with van der Waals surface area (Å²) in [5.74, 6) is -2.20. The Morgan fingerprint density at radius 2 is 1.42 bits per heavy atom. The Labute approximate surface area is 152 Å². The number of hydrogen-bond acceptors (Lipinski definition) is 3. The van der Waals surface area contributed by atoms with Crippen LogP contribution in [0.4, 0.5) is 0 Å². The standard InChI is InChI=1S/C21H23NO4/c22-19(21(25)26)14-17(20(23)24)12-7-13-18(15-8-3-1-4-9-15)16-10-5-2-6-11-16/h1-6,8-12,18-19H,7,13-14,22H2,(H,23,24)(H,25,26)/t19-/m0/s1. The number of rotatable bonds is 9. The highest BCUT2D eigenvalue weighted by Gasteiger charge is 2.18. The topological polar surface area (TPSA) is 101 Å². The van der Waals surface area contributed by atoms with Gasteiger partial charge in [0.25, 0.3) is 0 Å². The van der Waals surface area contributed by atoms with E-state index in [1.54, 1.807) is 6.08 Å². The Bertz CT molecular complexity index is 717. The van der Waals surface area contributed by atoms with Crippen LogP contribution in [0.3, 0.4) is 0 Å². The minimum absolute atomic E-state index is 0.0415. The SMILES string of the molecule is N[C@@H](CC(=CCCC(c1ccccc1)c1ccccc1)C(=O)O)C(=O)O. The first-order chi connectivity index (χ1) is 12.5. The maximum absolute atomic E-state index is 11.4. The number of carboxylic acids is 2. The van der Waals surface area contributed by atoms with Gasteiger partial charge in [-0.25, -0.2) is 4.79 Å². The van der Waals surface area contributed by atoms with Gasteiger partial charge in [-0.15, -0.1) is 0 Å². The zero-order valence-corrected chi connectivity index (χ0v) is 14.4. The zero-order valence-electron chi connectivity index (χ0n) is 14.4. The van der Waals surface area contributed by atoms with Crippen molar-refractivity contribution in [3.8, 4) is 0 Å². The lowest BCUT2D eigenvalue weighted by Crippen LogP contribution is -2.31. The minimum atomic E-state index is -1.21. The molecule has 2 aromatic carbocycles. The molecule has 0 aliphatic rings. The van der Waals surface area contributed by atoms with Crippen LogP contribution in [-0.4, -0.2) is 28.2 Å². The van der Waals surface area contributed by atoms with E-state index < -0.39 is 18.0 Å². The molecule has 0 fully saturated rings. The largest absolute Gasteiger partial charge is 0.480 e. The van der Waals surface area contributed by atoms with Crippen LogP contribution < -0.4 is 5.73 Å². The van der Waals surface area contributed by atoms with Crippen molar-refractivity contribution in [2.75, 3.05) is 0 Å². The second kappa shape index (κ2) is 9.53. The van der Waals surface area contributed by atoms with Gasteiger partial charge in [-0.3, -0.25) is 4.79 Å². The first-order valence-electron chi connectivity index (χ1n) is 8.49. The fourth-order valence-electron chi connectivity index (χ4n) is 2.90. The average Bonchev–Trinajstić information content (AvgIpc) is 2.65. The number of carbonyl (C=O) groups is 2. The number of nitrogens with two attached hydrogens (primary N) is 1. The molecule has 4 N–H and O–H groups in total. The lowest BCUT2D eigenvalue weighted by molar-refractivity contribution is -0.138. The second-order valence-corrected chi connectivity index (χ2v) is 6.13. The normalized spacial score (nSPS) is 12.8. The molecule has 26 heavy (non-hydrogen) atoms. The van der Waals surface area contributed by atoms with Gasteiger partial charge in [0.2, 0.25) is 0 Å². The molecule has 0 saturated carbocycles. The van der Waals surface area contributed by atoms with Gasteiger partial charge in [0.05, 0.1) is 0 Å². The lowest BCUT2D eigenvalue weighted by atomic mass is 9.87. The van der Waals surface area contributed by atoms with E-state index in [1.165, 1.54) is 0 Å². The van der Waals surface area contributed by atoms with Crippen molar-refractivity contribution in [1.29, 1.82) is 0 Å². The van der Waals surface area contributed by atoms with Gasteiger partial charge in [0.1, 0.15) is 6.04 Å². The summed E-state index contributed by atoms with van der Waals surface area (Å²) in [5.41, 5.74) is 7.82. The molecule has 0 saturated heterocycles. The quantitative estimate of drug-likeness (QED) is 0.600. The fraction of sp³-hybridized carbons (Fsp3) is 0.238. The Kier molecular flexibility index (Phi) is 7.12. The van der Waals surface area contributed by atoms with Crippen LogP contribution in [0.5, 0.6) is 0 Å². The van der Waals surface area contributed by atoms with Crippen LogP contribution in [0, 0.1) is 0 Å². The molecule has 5 heteroatoms. The van der Waals surface area contributed by atoms with Gasteiger partial charge < -0.3 is 15.9 Å². The highest BCUT2D eigenvalue weighted by molar-refractivity contribution is 5.88. The number of benzene rings is 2. The Morgan fingerprint density at radius 3 is 1.85 bits per heavy atom. The van der Waals surface area contributed by atoms with Crippen molar-refractivity contribution < 1.29 is 19.8 Å². The van der Waals surface area contributed by atoms with Crippen LogP contribution in [0.15, 0.2) is 72.3 Å². The van der Waals surface area contributed by atoms with E-state index in [4.69, 9.17) is 10.8 Å². The Balaban J connectivity index is 2.15. The summed E-state index contributed by atoms with van der Waals surface area (Å²) in [6, 6.07) is 18.9. The van der Waals surface area contributed by atoms with Crippen LogP contribution >= 0.6 is 0 Å². The molecule has 0 aliphatic carbocycles. The molecule has 0 radical (unpaired) electrons. The third-order valence-corrected chi connectivity index (χ3v) is 4.28. The Hall–Kier alpha value is -2.92. The van der Waals surface area contributed by atoms with Gasteiger partial charge in [0, 0.05) is 17.9 Å². The molecule has 0 aliphatic heterocycles. The average molecular weight is 353 g/mol. The minimum Gasteiger partial charge on any atom is -0.480 e. The molecule has 136 valence electrons. The van der Waals surface area contributed by atoms with Crippen LogP contribution in [0.25, 0.3) is 0 Å². The molecule has 5 nitrogen and oxygen atoms in total. The monoisotopic (exact) mass is 353 g/mol. The van der Waals surface area contributed by atoms with E-state index in [0.717, 1.165) is 11.1 Å². The molecule has 0 spiro atoms. The maximum Gasteiger partial charge on any atom is 0.331 e. The van der Waals surface area contributed by atoms with E-state index in [-0.39, 0.29) is 17.9 Å². The predicted octanol–water partition coefficient (Wildman–Crippen LogP) is 3.41. The molecule has 2 rings (SSSR count). The Morgan fingerprint density at radius 1 is 0.923 bits per heavy atom. The highest BCUT2D eigenvalue weighted by atomic mass is 16.4. The first kappa shape index (κ1) is 19.4. The molecule has 0 aromatic heterocycles. The van der Waals surface area contributed by atoms with E-state index in [2.05, 4.69) is 24.3 Å².